The van der Waals surface area contributed by atoms with Crippen molar-refractivity contribution in [2.75, 3.05) is 31.9 Å². The molecule has 7 heteroatoms. The Kier molecular flexibility index (Phi) is 6.37. The first-order chi connectivity index (χ1) is 13.6. The molecule has 0 unspecified atom stereocenters. The Balaban J connectivity index is 1.49. The third-order valence-electron chi connectivity index (χ3n) is 4.48. The molecule has 0 fully saturated rings. The molecule has 0 saturated heterocycles. The summed E-state index contributed by atoms with van der Waals surface area (Å²) in [6.45, 7) is 2.47. The van der Waals surface area contributed by atoms with Gasteiger partial charge in [-0.2, -0.15) is 0 Å². The number of carbonyl (C=O) groups excluding carboxylic acids is 2. The van der Waals surface area contributed by atoms with E-state index in [0.717, 1.165) is 11.3 Å². The number of ether oxygens (including phenoxy) is 3. The summed E-state index contributed by atoms with van der Waals surface area (Å²) in [4.78, 5) is 25.8. The number of methoxy groups -OCH3 is 1. The summed E-state index contributed by atoms with van der Waals surface area (Å²) >= 11 is 0. The van der Waals surface area contributed by atoms with Crippen molar-refractivity contribution >= 4 is 17.5 Å². The monoisotopic (exact) mass is 384 g/mol. The second-order valence-electron chi connectivity index (χ2n) is 6.41. The molecule has 1 aliphatic rings. The number of hydrogen-bond donors (Lipinski definition) is 1. The van der Waals surface area contributed by atoms with Gasteiger partial charge in [0.15, 0.2) is 11.5 Å². The Bertz CT molecular complexity index is 852. The van der Waals surface area contributed by atoms with Crippen molar-refractivity contribution in [2.24, 2.45) is 0 Å². The van der Waals surface area contributed by atoms with Gasteiger partial charge in [0, 0.05) is 38.2 Å². The van der Waals surface area contributed by atoms with Crippen LogP contribution in [0, 0.1) is 0 Å². The van der Waals surface area contributed by atoms with Crippen LogP contribution in [-0.4, -0.2) is 38.8 Å². The van der Waals surface area contributed by atoms with Crippen LogP contribution < -0.4 is 24.4 Å². The normalized spacial score (nSPS) is 11.8. The van der Waals surface area contributed by atoms with Gasteiger partial charge in [0.1, 0.15) is 5.75 Å². The van der Waals surface area contributed by atoms with E-state index >= 15 is 0 Å². The summed E-state index contributed by atoms with van der Waals surface area (Å²) in [6.07, 6.45) is 0.924. The van der Waals surface area contributed by atoms with Crippen molar-refractivity contribution in [3.05, 3.63) is 48.0 Å². The van der Waals surface area contributed by atoms with Crippen LogP contribution in [0.1, 0.15) is 18.9 Å². The Morgan fingerprint density at radius 2 is 1.96 bits per heavy atom. The number of rotatable bonds is 8. The zero-order valence-electron chi connectivity index (χ0n) is 16.1. The summed E-state index contributed by atoms with van der Waals surface area (Å²) < 4.78 is 15.8. The van der Waals surface area contributed by atoms with Crippen molar-refractivity contribution in [3.8, 4) is 17.2 Å². The maximum atomic E-state index is 12.2. The molecule has 1 N–H and O–H groups in total. The molecule has 0 aromatic heterocycles. The lowest BCUT2D eigenvalue weighted by molar-refractivity contribution is -0.121. The third kappa shape index (κ3) is 4.94. The highest BCUT2D eigenvalue weighted by atomic mass is 16.7. The first-order valence-electron chi connectivity index (χ1n) is 9.14. The molecular formula is C21H24N2O5. The summed E-state index contributed by atoms with van der Waals surface area (Å²) in [6, 6.07) is 13.1. The van der Waals surface area contributed by atoms with Crippen LogP contribution in [-0.2, 0) is 16.0 Å². The van der Waals surface area contributed by atoms with Crippen LogP contribution in [0.3, 0.4) is 0 Å². The van der Waals surface area contributed by atoms with Crippen molar-refractivity contribution in [1.29, 1.82) is 0 Å². The molecule has 0 atom stereocenters. The highest BCUT2D eigenvalue weighted by Crippen LogP contribution is 2.35. The summed E-state index contributed by atoms with van der Waals surface area (Å²) in [5.74, 6) is 1.82. The van der Waals surface area contributed by atoms with Gasteiger partial charge in [0.25, 0.3) is 0 Å². The lowest BCUT2D eigenvalue weighted by Crippen LogP contribution is -2.34. The van der Waals surface area contributed by atoms with E-state index < -0.39 is 0 Å². The van der Waals surface area contributed by atoms with Gasteiger partial charge in [-0.25, -0.2) is 0 Å². The maximum absolute atomic E-state index is 12.2. The highest BCUT2D eigenvalue weighted by Gasteiger charge is 2.18. The molecule has 2 aromatic carbocycles. The van der Waals surface area contributed by atoms with Crippen LogP contribution in [0.2, 0.25) is 0 Å². The summed E-state index contributed by atoms with van der Waals surface area (Å²) in [5.41, 5.74) is 1.77. The van der Waals surface area contributed by atoms with Gasteiger partial charge in [-0.05, 0) is 36.2 Å². The fraction of sp³-hybridized carbons (Fsp3) is 0.333. The molecule has 0 aliphatic carbocycles. The number of nitrogens with one attached hydrogen (secondary N) is 1. The Morgan fingerprint density at radius 3 is 2.75 bits per heavy atom. The van der Waals surface area contributed by atoms with Gasteiger partial charge in [-0.1, -0.05) is 12.1 Å². The summed E-state index contributed by atoms with van der Waals surface area (Å²) in [5, 5.41) is 2.89. The van der Waals surface area contributed by atoms with E-state index in [1.54, 1.807) is 30.2 Å². The molecule has 1 aliphatic heterocycles. The molecule has 0 bridgehead atoms. The van der Waals surface area contributed by atoms with E-state index in [-0.39, 0.29) is 25.0 Å². The van der Waals surface area contributed by atoms with E-state index in [4.69, 9.17) is 14.2 Å². The molecule has 28 heavy (non-hydrogen) atoms. The van der Waals surface area contributed by atoms with Crippen molar-refractivity contribution < 1.29 is 23.8 Å². The average molecular weight is 384 g/mol. The standard InChI is InChI=1S/C21H24N2O5/c1-15(24)23(17-6-7-19-20(13-17)28-14-27-19)11-9-21(25)22-10-8-16-4-3-5-18(12-16)26-2/h3-7,12-13H,8-11,14H2,1-2H3,(H,22,25). The van der Waals surface area contributed by atoms with Gasteiger partial charge in [0.2, 0.25) is 18.6 Å². The van der Waals surface area contributed by atoms with Gasteiger partial charge in [-0.3, -0.25) is 9.59 Å². The van der Waals surface area contributed by atoms with Crippen LogP contribution in [0.15, 0.2) is 42.5 Å². The van der Waals surface area contributed by atoms with Crippen LogP contribution >= 0.6 is 0 Å². The van der Waals surface area contributed by atoms with Gasteiger partial charge in [0.05, 0.1) is 7.11 Å². The quantitative estimate of drug-likeness (QED) is 0.757. The van der Waals surface area contributed by atoms with Gasteiger partial charge >= 0.3 is 0 Å². The van der Waals surface area contributed by atoms with E-state index in [0.29, 0.717) is 36.7 Å². The predicted octanol–water partition coefficient (Wildman–Crippen LogP) is 2.53. The van der Waals surface area contributed by atoms with E-state index in [9.17, 15) is 9.59 Å². The fourth-order valence-electron chi connectivity index (χ4n) is 3.00. The maximum Gasteiger partial charge on any atom is 0.231 e. The minimum Gasteiger partial charge on any atom is -0.497 e. The number of nitrogens with zero attached hydrogens (tertiary/aromatic N) is 1. The molecule has 1 heterocycles. The topological polar surface area (TPSA) is 77.1 Å². The number of hydrogen-bond acceptors (Lipinski definition) is 5. The number of amides is 2. The van der Waals surface area contributed by atoms with Gasteiger partial charge < -0.3 is 24.4 Å². The smallest absolute Gasteiger partial charge is 0.231 e. The molecule has 0 spiro atoms. The molecule has 2 aromatic rings. The SMILES string of the molecule is COc1cccc(CCNC(=O)CCN(C(C)=O)c2ccc3c(c2)OCO3)c1. The van der Waals surface area contributed by atoms with Crippen molar-refractivity contribution in [2.45, 2.75) is 19.8 Å². The van der Waals surface area contributed by atoms with Crippen LogP contribution in [0.4, 0.5) is 5.69 Å². The minimum absolute atomic E-state index is 0.102. The number of carbonyl (C=O) groups is 2. The first-order valence-corrected chi connectivity index (χ1v) is 9.14. The van der Waals surface area contributed by atoms with Crippen LogP contribution in [0.25, 0.3) is 0 Å². The van der Waals surface area contributed by atoms with E-state index in [2.05, 4.69) is 5.32 Å². The molecule has 2 amide bonds. The van der Waals surface area contributed by atoms with E-state index in [1.165, 1.54) is 6.92 Å². The molecule has 148 valence electrons. The van der Waals surface area contributed by atoms with E-state index in [1.807, 2.05) is 24.3 Å². The lowest BCUT2D eigenvalue weighted by Gasteiger charge is -2.21. The third-order valence-corrected chi connectivity index (χ3v) is 4.48. The first kappa shape index (κ1) is 19.5. The number of fused-ring (bicyclic) bond motifs is 1. The zero-order chi connectivity index (χ0) is 19.9. The van der Waals surface area contributed by atoms with Crippen molar-refractivity contribution in [1.82, 2.24) is 5.32 Å². The largest absolute Gasteiger partial charge is 0.497 e. The molecule has 3 rings (SSSR count). The molecule has 0 radical (unpaired) electrons. The molecule has 0 saturated carbocycles. The second kappa shape index (κ2) is 9.12. The minimum atomic E-state index is -0.136. The highest BCUT2D eigenvalue weighted by molar-refractivity contribution is 5.92. The number of anilines is 1. The van der Waals surface area contributed by atoms with Crippen LogP contribution in [0.5, 0.6) is 17.2 Å². The predicted molar refractivity (Wildman–Crippen MR) is 105 cm³/mol. The zero-order valence-corrected chi connectivity index (χ0v) is 16.1. The number of benzene rings is 2. The van der Waals surface area contributed by atoms with Crippen molar-refractivity contribution in [3.63, 3.8) is 0 Å². The Hall–Kier alpha value is -3.22. The Labute approximate surface area is 164 Å². The lowest BCUT2D eigenvalue weighted by atomic mass is 10.1. The summed E-state index contributed by atoms with van der Waals surface area (Å²) in [7, 11) is 1.63. The molecule has 7 nitrogen and oxygen atoms in total. The van der Waals surface area contributed by atoms with Gasteiger partial charge in [-0.15, -0.1) is 0 Å². The fourth-order valence-corrected chi connectivity index (χ4v) is 3.00. The Morgan fingerprint density at radius 1 is 1.14 bits per heavy atom. The molecular weight excluding hydrogens is 360 g/mol. The average Bonchev–Trinajstić information content (AvgIpc) is 3.16. The second-order valence-corrected chi connectivity index (χ2v) is 6.41.